The van der Waals surface area contributed by atoms with Gasteiger partial charge in [0, 0.05) is 12.1 Å². The Hall–Kier alpha value is -1.15. The third-order valence-electron chi connectivity index (χ3n) is 4.45. The van der Waals surface area contributed by atoms with Gasteiger partial charge in [0.2, 0.25) is 0 Å². The van der Waals surface area contributed by atoms with Crippen molar-refractivity contribution in [1.29, 1.82) is 0 Å². The summed E-state index contributed by atoms with van der Waals surface area (Å²) in [4.78, 5) is 14.7. The number of likely N-dealkylation sites (N-methyl/N-ethyl adjacent to an activating group) is 1. The van der Waals surface area contributed by atoms with Gasteiger partial charge in [0.25, 0.3) is 0 Å². The van der Waals surface area contributed by atoms with Gasteiger partial charge in [-0.15, -0.1) is 0 Å². The molecule has 2 nitrogen and oxygen atoms in total. The Bertz CT molecular complexity index is 476. The van der Waals surface area contributed by atoms with Gasteiger partial charge in [-0.05, 0) is 61.8 Å². The molecule has 2 aliphatic carbocycles. The Balaban J connectivity index is 1.65. The fourth-order valence-corrected chi connectivity index (χ4v) is 3.01. The average molecular weight is 257 g/mol. The maximum Gasteiger partial charge on any atom is 0.176 e. The van der Waals surface area contributed by atoms with Crippen LogP contribution < -0.4 is 0 Å². The van der Waals surface area contributed by atoms with Crippen LogP contribution >= 0.6 is 0 Å². The molecule has 0 radical (unpaired) electrons. The number of benzene rings is 1. The number of aryl methyl sites for hydroxylation is 2. The third-order valence-corrected chi connectivity index (χ3v) is 4.45. The fourth-order valence-electron chi connectivity index (χ4n) is 3.01. The van der Waals surface area contributed by atoms with Gasteiger partial charge in [-0.1, -0.05) is 19.1 Å². The van der Waals surface area contributed by atoms with Gasteiger partial charge in [-0.3, -0.25) is 9.69 Å². The quantitative estimate of drug-likeness (QED) is 0.730. The molecule has 2 heteroatoms. The van der Waals surface area contributed by atoms with E-state index in [0.29, 0.717) is 6.54 Å². The Kier molecular flexibility index (Phi) is 3.69. The first-order valence-electron chi connectivity index (χ1n) is 7.63. The molecule has 0 unspecified atom stereocenters. The van der Waals surface area contributed by atoms with Gasteiger partial charge in [0.05, 0.1) is 6.54 Å². The lowest BCUT2D eigenvalue weighted by molar-refractivity contribution is 0.0931. The Morgan fingerprint density at radius 2 is 2.05 bits per heavy atom. The lowest BCUT2D eigenvalue weighted by Crippen LogP contribution is -2.31. The SMILES string of the molecule is CCN(CC(=O)c1ccc2c(c1)CCC2)CC1CC1. The second kappa shape index (κ2) is 5.46. The molecule has 0 spiro atoms. The summed E-state index contributed by atoms with van der Waals surface area (Å²) in [6.45, 7) is 4.82. The van der Waals surface area contributed by atoms with Gasteiger partial charge in [0.1, 0.15) is 0 Å². The van der Waals surface area contributed by atoms with E-state index < -0.39 is 0 Å². The molecule has 0 bridgehead atoms. The van der Waals surface area contributed by atoms with Gasteiger partial charge in [-0.2, -0.15) is 0 Å². The van der Waals surface area contributed by atoms with Crippen molar-refractivity contribution in [2.75, 3.05) is 19.6 Å². The van der Waals surface area contributed by atoms with Crippen LogP contribution in [-0.4, -0.2) is 30.3 Å². The maximum atomic E-state index is 12.4. The van der Waals surface area contributed by atoms with Gasteiger partial charge < -0.3 is 0 Å². The number of carbonyl (C=O) groups excluding carboxylic acids is 1. The van der Waals surface area contributed by atoms with Crippen molar-refractivity contribution >= 4 is 5.78 Å². The van der Waals surface area contributed by atoms with E-state index in [1.165, 1.54) is 36.8 Å². The predicted molar refractivity (Wildman–Crippen MR) is 77.6 cm³/mol. The number of hydrogen-bond donors (Lipinski definition) is 0. The Morgan fingerprint density at radius 1 is 1.26 bits per heavy atom. The van der Waals surface area contributed by atoms with Crippen molar-refractivity contribution < 1.29 is 4.79 Å². The molecule has 0 saturated heterocycles. The summed E-state index contributed by atoms with van der Waals surface area (Å²) in [7, 11) is 0. The zero-order valence-corrected chi connectivity index (χ0v) is 11.8. The van der Waals surface area contributed by atoms with Gasteiger partial charge in [0.15, 0.2) is 5.78 Å². The summed E-state index contributed by atoms with van der Waals surface area (Å²) in [6.07, 6.45) is 6.28. The van der Waals surface area contributed by atoms with Crippen LogP contribution in [0.1, 0.15) is 47.7 Å². The van der Waals surface area contributed by atoms with Crippen molar-refractivity contribution in [1.82, 2.24) is 4.90 Å². The van der Waals surface area contributed by atoms with Gasteiger partial charge >= 0.3 is 0 Å². The molecule has 1 saturated carbocycles. The second-order valence-corrected chi connectivity index (χ2v) is 6.03. The van der Waals surface area contributed by atoms with Crippen molar-refractivity contribution in [3.63, 3.8) is 0 Å². The molecule has 0 atom stereocenters. The van der Waals surface area contributed by atoms with E-state index in [0.717, 1.165) is 31.0 Å². The largest absolute Gasteiger partial charge is 0.296 e. The summed E-state index contributed by atoms with van der Waals surface area (Å²) in [5, 5.41) is 0. The van der Waals surface area contributed by atoms with Crippen molar-refractivity contribution in [3.05, 3.63) is 34.9 Å². The number of carbonyl (C=O) groups is 1. The average Bonchev–Trinajstić information content (AvgIpc) is 3.11. The highest BCUT2D eigenvalue weighted by molar-refractivity contribution is 5.97. The summed E-state index contributed by atoms with van der Waals surface area (Å²) >= 11 is 0. The minimum Gasteiger partial charge on any atom is -0.296 e. The molecule has 1 aromatic carbocycles. The molecule has 0 heterocycles. The summed E-state index contributed by atoms with van der Waals surface area (Å²) in [5.74, 6) is 1.14. The highest BCUT2D eigenvalue weighted by Crippen LogP contribution is 2.29. The molecule has 0 amide bonds. The van der Waals surface area contributed by atoms with Crippen molar-refractivity contribution in [3.8, 4) is 0 Å². The highest BCUT2D eigenvalue weighted by atomic mass is 16.1. The molecule has 0 aliphatic heterocycles. The number of hydrogen-bond acceptors (Lipinski definition) is 2. The zero-order valence-electron chi connectivity index (χ0n) is 11.8. The van der Waals surface area contributed by atoms with Crippen LogP contribution in [0.4, 0.5) is 0 Å². The molecular formula is C17H23NO. The minimum absolute atomic E-state index is 0.289. The number of nitrogens with zero attached hydrogens (tertiary/aromatic N) is 1. The number of ketones is 1. The fraction of sp³-hybridized carbons (Fsp3) is 0.588. The van der Waals surface area contributed by atoms with E-state index >= 15 is 0 Å². The molecule has 102 valence electrons. The molecular weight excluding hydrogens is 234 g/mol. The number of Topliss-reactive ketones (excluding diaryl/α,β-unsaturated/α-hetero) is 1. The van der Waals surface area contributed by atoms with Crippen LogP contribution in [0.5, 0.6) is 0 Å². The monoisotopic (exact) mass is 257 g/mol. The molecule has 1 aromatic rings. The number of rotatable bonds is 6. The minimum atomic E-state index is 0.289. The third kappa shape index (κ3) is 3.06. The van der Waals surface area contributed by atoms with E-state index in [9.17, 15) is 4.79 Å². The second-order valence-electron chi connectivity index (χ2n) is 6.03. The van der Waals surface area contributed by atoms with Crippen molar-refractivity contribution in [2.24, 2.45) is 5.92 Å². The van der Waals surface area contributed by atoms with E-state index in [1.807, 2.05) is 6.07 Å². The van der Waals surface area contributed by atoms with Crippen LogP contribution in [0.3, 0.4) is 0 Å². The van der Waals surface area contributed by atoms with E-state index in [4.69, 9.17) is 0 Å². The summed E-state index contributed by atoms with van der Waals surface area (Å²) in [5.41, 5.74) is 3.76. The van der Waals surface area contributed by atoms with Crippen LogP contribution in [0.2, 0.25) is 0 Å². The molecule has 3 rings (SSSR count). The van der Waals surface area contributed by atoms with Crippen LogP contribution in [0.25, 0.3) is 0 Å². The Morgan fingerprint density at radius 3 is 2.79 bits per heavy atom. The van der Waals surface area contributed by atoms with E-state index in [1.54, 1.807) is 0 Å². The molecule has 19 heavy (non-hydrogen) atoms. The van der Waals surface area contributed by atoms with E-state index in [2.05, 4.69) is 24.0 Å². The standard InChI is InChI=1S/C17H23NO/c1-2-18(11-13-6-7-13)12-17(19)16-9-8-14-4-3-5-15(14)10-16/h8-10,13H,2-7,11-12H2,1H3. The first-order valence-corrected chi connectivity index (χ1v) is 7.63. The number of fused-ring (bicyclic) bond motifs is 1. The van der Waals surface area contributed by atoms with Gasteiger partial charge in [-0.25, -0.2) is 0 Å². The summed E-state index contributed by atoms with van der Waals surface area (Å²) in [6, 6.07) is 6.32. The maximum absolute atomic E-state index is 12.4. The zero-order chi connectivity index (χ0) is 13.2. The molecule has 0 N–H and O–H groups in total. The smallest absolute Gasteiger partial charge is 0.176 e. The van der Waals surface area contributed by atoms with Crippen LogP contribution in [-0.2, 0) is 12.8 Å². The van der Waals surface area contributed by atoms with E-state index in [-0.39, 0.29) is 5.78 Å². The normalized spacial score (nSPS) is 17.8. The highest BCUT2D eigenvalue weighted by Gasteiger charge is 2.25. The first kappa shape index (κ1) is 12.9. The van der Waals surface area contributed by atoms with Crippen LogP contribution in [0.15, 0.2) is 18.2 Å². The molecule has 0 aromatic heterocycles. The predicted octanol–water partition coefficient (Wildman–Crippen LogP) is 3.09. The lowest BCUT2D eigenvalue weighted by atomic mass is 10.0. The van der Waals surface area contributed by atoms with Crippen LogP contribution in [0, 0.1) is 5.92 Å². The summed E-state index contributed by atoms with van der Waals surface area (Å²) < 4.78 is 0. The first-order chi connectivity index (χ1) is 9.26. The molecule has 2 aliphatic rings. The molecule has 1 fully saturated rings. The lowest BCUT2D eigenvalue weighted by Gasteiger charge is -2.19. The van der Waals surface area contributed by atoms with Crippen molar-refractivity contribution in [2.45, 2.75) is 39.0 Å². The topological polar surface area (TPSA) is 20.3 Å². The Labute approximate surface area is 115 Å².